The number of anilines is 2. The van der Waals surface area contributed by atoms with Gasteiger partial charge in [-0.05, 0) is 69.6 Å². The number of amides is 1. The minimum absolute atomic E-state index is 0.282. The van der Waals surface area contributed by atoms with Gasteiger partial charge in [0.05, 0.1) is 15.7 Å². The summed E-state index contributed by atoms with van der Waals surface area (Å²) in [5.74, 6) is 0.652. The standard InChI is InChI=1S/C26H30N6O3S/c1-17-24(6-7-25(29-17)30-26(33)20-15-27-18(2)28-16-20)19-12-21(32-10-8-31(3)9-11-32)14-23(13-19)36(34,35)22-4-5-22/h6-7,12-16,22H,4-5,8-11H2,1-3H3,(H,29,30,33). The van der Waals surface area contributed by atoms with Gasteiger partial charge in [-0.15, -0.1) is 0 Å². The smallest absolute Gasteiger partial charge is 0.259 e. The van der Waals surface area contributed by atoms with E-state index in [9.17, 15) is 13.2 Å². The van der Waals surface area contributed by atoms with Crippen LogP contribution in [0.5, 0.6) is 0 Å². The van der Waals surface area contributed by atoms with Gasteiger partial charge in [0.25, 0.3) is 5.91 Å². The molecule has 2 aromatic heterocycles. The lowest BCUT2D eigenvalue weighted by Gasteiger charge is -2.34. The van der Waals surface area contributed by atoms with Crippen LogP contribution in [-0.2, 0) is 9.84 Å². The van der Waals surface area contributed by atoms with Crippen LogP contribution in [0.1, 0.15) is 34.7 Å². The number of hydrogen-bond donors (Lipinski definition) is 1. The van der Waals surface area contributed by atoms with Gasteiger partial charge in [0.15, 0.2) is 9.84 Å². The number of aromatic nitrogens is 3. The molecule has 0 spiro atoms. The molecule has 36 heavy (non-hydrogen) atoms. The van der Waals surface area contributed by atoms with Crippen molar-refractivity contribution in [3.8, 4) is 11.1 Å². The molecule has 1 saturated carbocycles. The summed E-state index contributed by atoms with van der Waals surface area (Å²) in [5.41, 5.74) is 3.59. The van der Waals surface area contributed by atoms with Crippen LogP contribution in [0.15, 0.2) is 47.6 Å². The number of benzene rings is 1. The topological polar surface area (TPSA) is 108 Å². The van der Waals surface area contributed by atoms with E-state index in [1.165, 1.54) is 12.4 Å². The Labute approximate surface area is 211 Å². The summed E-state index contributed by atoms with van der Waals surface area (Å²) in [4.78, 5) is 30.1. The Kier molecular flexibility index (Phi) is 6.48. The van der Waals surface area contributed by atoms with Gasteiger partial charge in [-0.1, -0.05) is 0 Å². The zero-order valence-electron chi connectivity index (χ0n) is 20.7. The first kappa shape index (κ1) is 24.3. The summed E-state index contributed by atoms with van der Waals surface area (Å²) in [6, 6.07) is 9.23. The van der Waals surface area contributed by atoms with Gasteiger partial charge in [0, 0.05) is 55.5 Å². The molecule has 1 saturated heterocycles. The van der Waals surface area contributed by atoms with Gasteiger partial charge in [-0.2, -0.15) is 0 Å². The molecule has 0 unspecified atom stereocenters. The number of rotatable bonds is 6. The van der Waals surface area contributed by atoms with Crippen molar-refractivity contribution < 1.29 is 13.2 Å². The van der Waals surface area contributed by atoms with E-state index in [2.05, 4.69) is 37.1 Å². The van der Waals surface area contributed by atoms with E-state index in [4.69, 9.17) is 0 Å². The van der Waals surface area contributed by atoms with E-state index in [1.54, 1.807) is 19.1 Å². The average Bonchev–Trinajstić information content (AvgIpc) is 3.71. The maximum absolute atomic E-state index is 13.2. The number of carbonyl (C=O) groups is 1. The molecular formula is C26H30N6O3S. The van der Waals surface area contributed by atoms with Crippen molar-refractivity contribution in [2.45, 2.75) is 36.8 Å². The predicted molar refractivity (Wildman–Crippen MR) is 139 cm³/mol. The first-order valence-electron chi connectivity index (χ1n) is 12.1. The Bertz CT molecular complexity index is 1400. The molecule has 188 valence electrons. The molecule has 3 aromatic rings. The minimum Gasteiger partial charge on any atom is -0.369 e. The quantitative estimate of drug-likeness (QED) is 0.543. The van der Waals surface area contributed by atoms with E-state index in [0.717, 1.165) is 55.8 Å². The van der Waals surface area contributed by atoms with Gasteiger partial charge in [-0.3, -0.25) is 4.79 Å². The van der Waals surface area contributed by atoms with Crippen molar-refractivity contribution in [1.29, 1.82) is 0 Å². The van der Waals surface area contributed by atoms with E-state index in [-0.39, 0.29) is 11.2 Å². The highest BCUT2D eigenvalue weighted by Crippen LogP contribution is 2.38. The van der Waals surface area contributed by atoms with Crippen LogP contribution in [0.2, 0.25) is 0 Å². The van der Waals surface area contributed by atoms with Crippen LogP contribution >= 0.6 is 0 Å². The second-order valence-electron chi connectivity index (χ2n) is 9.55. The fraction of sp³-hybridized carbons (Fsp3) is 0.385. The summed E-state index contributed by atoms with van der Waals surface area (Å²) in [7, 11) is -1.27. The lowest BCUT2D eigenvalue weighted by Crippen LogP contribution is -2.44. The SMILES string of the molecule is Cc1ncc(C(=O)Nc2ccc(-c3cc(N4CCN(C)CC4)cc(S(=O)(=O)C4CC4)c3)c(C)n2)cn1. The lowest BCUT2D eigenvalue weighted by molar-refractivity contribution is 0.102. The minimum atomic E-state index is -3.37. The highest BCUT2D eigenvalue weighted by Gasteiger charge is 2.37. The number of likely N-dealkylation sites (N-methyl/N-ethyl adjacent to an activating group) is 1. The number of nitrogens with one attached hydrogen (secondary N) is 1. The Morgan fingerprint density at radius 1 is 1.00 bits per heavy atom. The van der Waals surface area contributed by atoms with Gasteiger partial charge in [-0.25, -0.2) is 23.4 Å². The third-order valence-corrected chi connectivity index (χ3v) is 8.97. The molecule has 5 rings (SSSR count). The Morgan fingerprint density at radius 2 is 1.69 bits per heavy atom. The number of carbonyl (C=O) groups excluding carboxylic acids is 1. The zero-order valence-corrected chi connectivity index (χ0v) is 21.5. The summed E-state index contributed by atoms with van der Waals surface area (Å²) in [6.45, 7) is 7.15. The van der Waals surface area contributed by atoms with Gasteiger partial charge >= 0.3 is 0 Å². The van der Waals surface area contributed by atoms with Crippen molar-refractivity contribution >= 4 is 27.2 Å². The van der Waals surface area contributed by atoms with Gasteiger partial charge < -0.3 is 15.1 Å². The molecule has 0 bridgehead atoms. The Balaban J connectivity index is 1.46. The van der Waals surface area contributed by atoms with E-state index in [0.29, 0.717) is 27.8 Å². The first-order valence-corrected chi connectivity index (χ1v) is 13.7. The molecule has 1 aliphatic carbocycles. The largest absolute Gasteiger partial charge is 0.369 e. The van der Waals surface area contributed by atoms with Gasteiger partial charge in [0.2, 0.25) is 0 Å². The number of pyridine rings is 1. The van der Waals surface area contributed by atoms with Crippen LogP contribution in [0, 0.1) is 13.8 Å². The molecule has 9 nitrogen and oxygen atoms in total. The molecule has 2 fully saturated rings. The fourth-order valence-electron chi connectivity index (χ4n) is 4.36. The highest BCUT2D eigenvalue weighted by atomic mass is 32.2. The van der Waals surface area contributed by atoms with Crippen LogP contribution in [0.25, 0.3) is 11.1 Å². The molecule has 2 aliphatic rings. The molecule has 1 amide bonds. The average molecular weight is 507 g/mol. The first-order chi connectivity index (χ1) is 17.2. The van der Waals surface area contributed by atoms with Gasteiger partial charge in [0.1, 0.15) is 11.6 Å². The molecule has 0 atom stereocenters. The number of piperazine rings is 1. The maximum atomic E-state index is 13.2. The summed E-state index contributed by atoms with van der Waals surface area (Å²) in [6.07, 6.45) is 4.39. The number of hydrogen-bond acceptors (Lipinski definition) is 8. The third-order valence-electron chi connectivity index (χ3n) is 6.73. The maximum Gasteiger partial charge on any atom is 0.259 e. The summed E-state index contributed by atoms with van der Waals surface area (Å²) in [5, 5.41) is 2.50. The van der Waals surface area contributed by atoms with Crippen molar-refractivity contribution in [2.24, 2.45) is 0 Å². The predicted octanol–water partition coefficient (Wildman–Crippen LogP) is 3.10. The van der Waals surface area contributed by atoms with Crippen LogP contribution in [0.4, 0.5) is 11.5 Å². The van der Waals surface area contributed by atoms with Crippen LogP contribution in [0.3, 0.4) is 0 Å². The second-order valence-corrected chi connectivity index (χ2v) is 11.8. The van der Waals surface area contributed by atoms with Crippen molar-refractivity contribution in [3.05, 3.63) is 59.8 Å². The highest BCUT2D eigenvalue weighted by molar-refractivity contribution is 7.92. The molecule has 0 radical (unpaired) electrons. The summed E-state index contributed by atoms with van der Waals surface area (Å²) < 4.78 is 26.4. The number of aryl methyl sites for hydroxylation is 2. The molecule has 1 N–H and O–H groups in total. The Hall–Kier alpha value is -3.37. The van der Waals surface area contributed by atoms with Crippen molar-refractivity contribution in [3.63, 3.8) is 0 Å². The monoisotopic (exact) mass is 506 g/mol. The van der Waals surface area contributed by atoms with Crippen molar-refractivity contribution in [2.75, 3.05) is 43.4 Å². The molecule has 10 heteroatoms. The van der Waals surface area contributed by atoms with E-state index >= 15 is 0 Å². The number of sulfone groups is 1. The Morgan fingerprint density at radius 3 is 2.33 bits per heavy atom. The van der Waals surface area contributed by atoms with Crippen LogP contribution < -0.4 is 10.2 Å². The normalized spacial score (nSPS) is 16.7. The second kappa shape index (κ2) is 9.59. The molecule has 1 aliphatic heterocycles. The molecule has 3 heterocycles. The third kappa shape index (κ3) is 5.10. The molecule has 1 aromatic carbocycles. The number of nitrogens with zero attached hydrogens (tertiary/aromatic N) is 5. The van der Waals surface area contributed by atoms with Crippen LogP contribution in [-0.4, -0.2) is 72.7 Å². The lowest BCUT2D eigenvalue weighted by atomic mass is 10.0. The molecular weight excluding hydrogens is 476 g/mol. The van der Waals surface area contributed by atoms with E-state index in [1.807, 2.05) is 25.1 Å². The van der Waals surface area contributed by atoms with E-state index < -0.39 is 9.84 Å². The summed E-state index contributed by atoms with van der Waals surface area (Å²) >= 11 is 0. The van der Waals surface area contributed by atoms with Crippen molar-refractivity contribution in [1.82, 2.24) is 19.9 Å². The zero-order chi connectivity index (χ0) is 25.4. The fourth-order valence-corrected chi connectivity index (χ4v) is 6.07.